The summed E-state index contributed by atoms with van der Waals surface area (Å²) in [5, 5.41) is 2.85. The zero-order valence-electron chi connectivity index (χ0n) is 14.9. The molecular formula is C20H24N2O3. The molecule has 2 aromatic carbocycles. The van der Waals surface area contributed by atoms with Gasteiger partial charge in [0.15, 0.2) is 5.78 Å². The molecule has 2 aromatic rings. The first kappa shape index (κ1) is 18.7. The lowest BCUT2D eigenvalue weighted by molar-refractivity contribution is -0.120. The molecule has 0 aliphatic heterocycles. The van der Waals surface area contributed by atoms with E-state index in [9.17, 15) is 9.59 Å². The fraction of sp³-hybridized carbons (Fsp3) is 0.300. The number of hydrogen-bond acceptors (Lipinski definition) is 4. The van der Waals surface area contributed by atoms with E-state index in [4.69, 9.17) is 4.74 Å². The number of ketones is 1. The Balaban J connectivity index is 1.84. The number of likely N-dealkylation sites (N-methyl/N-ethyl adjacent to an activating group) is 1. The van der Waals surface area contributed by atoms with Crippen LogP contribution in [-0.4, -0.2) is 42.8 Å². The van der Waals surface area contributed by atoms with Crippen molar-refractivity contribution in [3.05, 3.63) is 60.2 Å². The van der Waals surface area contributed by atoms with Crippen LogP contribution in [0.15, 0.2) is 54.6 Å². The summed E-state index contributed by atoms with van der Waals surface area (Å²) >= 11 is 0. The first-order chi connectivity index (χ1) is 12.0. The number of carbonyl (C=O) groups excluding carboxylic acids is 2. The summed E-state index contributed by atoms with van der Waals surface area (Å²) < 4.78 is 5.66. The van der Waals surface area contributed by atoms with Crippen LogP contribution in [0, 0.1) is 0 Å². The number of rotatable bonds is 8. The van der Waals surface area contributed by atoms with Crippen molar-refractivity contribution in [2.45, 2.75) is 19.9 Å². The van der Waals surface area contributed by atoms with Crippen molar-refractivity contribution in [2.75, 3.05) is 25.5 Å². The molecule has 0 spiro atoms. The Bertz CT molecular complexity index is 716. The molecule has 5 heteroatoms. The molecule has 0 fully saturated rings. The monoisotopic (exact) mass is 340 g/mol. The third-order valence-corrected chi connectivity index (χ3v) is 4.03. The van der Waals surface area contributed by atoms with E-state index in [0.29, 0.717) is 24.4 Å². The molecular weight excluding hydrogens is 316 g/mol. The number of benzene rings is 2. The van der Waals surface area contributed by atoms with Crippen molar-refractivity contribution in [1.82, 2.24) is 4.90 Å². The first-order valence-electron chi connectivity index (χ1n) is 8.27. The van der Waals surface area contributed by atoms with Crippen LogP contribution in [0.1, 0.15) is 24.2 Å². The van der Waals surface area contributed by atoms with Crippen LogP contribution in [0.5, 0.6) is 5.75 Å². The molecule has 0 saturated heterocycles. The summed E-state index contributed by atoms with van der Waals surface area (Å²) in [5.41, 5.74) is 1.20. The topological polar surface area (TPSA) is 58.6 Å². The minimum atomic E-state index is -0.319. The maximum atomic E-state index is 12.4. The van der Waals surface area contributed by atoms with Gasteiger partial charge in [0, 0.05) is 17.8 Å². The zero-order valence-corrected chi connectivity index (χ0v) is 14.9. The van der Waals surface area contributed by atoms with Gasteiger partial charge in [0.05, 0.1) is 6.04 Å². The van der Waals surface area contributed by atoms with Gasteiger partial charge in [-0.15, -0.1) is 0 Å². The number of nitrogens with one attached hydrogen (secondary N) is 1. The maximum absolute atomic E-state index is 12.4. The first-order valence-corrected chi connectivity index (χ1v) is 8.27. The van der Waals surface area contributed by atoms with E-state index in [1.807, 2.05) is 49.2 Å². The fourth-order valence-electron chi connectivity index (χ4n) is 2.28. The smallest absolute Gasteiger partial charge is 0.241 e. The van der Waals surface area contributed by atoms with Crippen LogP contribution in [-0.2, 0) is 4.79 Å². The number of para-hydroxylation sites is 1. The summed E-state index contributed by atoms with van der Waals surface area (Å²) in [7, 11) is 1.88. The van der Waals surface area contributed by atoms with Gasteiger partial charge in [0.25, 0.3) is 0 Å². The Kier molecular flexibility index (Phi) is 6.71. The second-order valence-electron chi connectivity index (χ2n) is 5.94. The van der Waals surface area contributed by atoms with E-state index in [-0.39, 0.29) is 17.7 Å². The highest BCUT2D eigenvalue weighted by Crippen LogP contribution is 2.12. The van der Waals surface area contributed by atoms with Crippen LogP contribution in [0.3, 0.4) is 0 Å². The summed E-state index contributed by atoms with van der Waals surface area (Å²) in [6.07, 6.45) is 0. The van der Waals surface area contributed by atoms with E-state index >= 15 is 0 Å². The molecule has 5 nitrogen and oxygen atoms in total. The molecule has 0 aliphatic carbocycles. The van der Waals surface area contributed by atoms with Gasteiger partial charge < -0.3 is 10.1 Å². The molecule has 2 rings (SSSR count). The summed E-state index contributed by atoms with van der Waals surface area (Å²) in [4.78, 5) is 25.7. The van der Waals surface area contributed by atoms with Gasteiger partial charge in [0.1, 0.15) is 12.4 Å². The van der Waals surface area contributed by atoms with E-state index in [1.54, 1.807) is 24.3 Å². The van der Waals surface area contributed by atoms with Gasteiger partial charge in [0.2, 0.25) is 5.91 Å². The van der Waals surface area contributed by atoms with E-state index in [1.165, 1.54) is 6.92 Å². The van der Waals surface area contributed by atoms with Crippen LogP contribution in [0.4, 0.5) is 5.69 Å². The number of hydrogen-bond donors (Lipinski definition) is 1. The molecule has 25 heavy (non-hydrogen) atoms. The molecule has 1 atom stereocenters. The molecule has 1 N–H and O–H groups in total. The Morgan fingerprint density at radius 3 is 2.52 bits per heavy atom. The Morgan fingerprint density at radius 1 is 1.12 bits per heavy atom. The lowest BCUT2D eigenvalue weighted by Gasteiger charge is -2.24. The summed E-state index contributed by atoms with van der Waals surface area (Å²) in [5.74, 6) is 0.663. The van der Waals surface area contributed by atoms with Crippen molar-refractivity contribution in [1.29, 1.82) is 0 Å². The SMILES string of the molecule is CC(=O)c1cccc(NC(=O)[C@H](C)N(C)CCOc2ccccc2)c1. The maximum Gasteiger partial charge on any atom is 0.241 e. The third-order valence-electron chi connectivity index (χ3n) is 4.03. The zero-order chi connectivity index (χ0) is 18.2. The second kappa shape index (κ2) is 8.99. The van der Waals surface area contributed by atoms with Crippen molar-refractivity contribution in [3.63, 3.8) is 0 Å². The molecule has 0 unspecified atom stereocenters. The molecule has 0 saturated carbocycles. The standard InChI is InChI=1S/C20H24N2O3/c1-15(22(3)12-13-25-19-10-5-4-6-11-19)20(24)21-18-9-7-8-17(14-18)16(2)23/h4-11,14-15H,12-13H2,1-3H3,(H,21,24)/t15-/m0/s1. The Morgan fingerprint density at radius 2 is 1.84 bits per heavy atom. The predicted octanol–water partition coefficient (Wildman–Crippen LogP) is 3.23. The Hall–Kier alpha value is -2.66. The molecule has 0 heterocycles. The van der Waals surface area contributed by atoms with Crippen molar-refractivity contribution in [2.24, 2.45) is 0 Å². The number of anilines is 1. The average molecular weight is 340 g/mol. The van der Waals surface area contributed by atoms with Crippen molar-refractivity contribution >= 4 is 17.4 Å². The lowest BCUT2D eigenvalue weighted by atomic mass is 10.1. The van der Waals surface area contributed by atoms with Crippen LogP contribution in [0.25, 0.3) is 0 Å². The van der Waals surface area contributed by atoms with Gasteiger partial charge in [-0.25, -0.2) is 0 Å². The number of amides is 1. The van der Waals surface area contributed by atoms with Gasteiger partial charge in [-0.2, -0.15) is 0 Å². The third kappa shape index (κ3) is 5.72. The van der Waals surface area contributed by atoms with Gasteiger partial charge >= 0.3 is 0 Å². The molecule has 0 radical (unpaired) electrons. The van der Waals surface area contributed by atoms with Gasteiger partial charge in [-0.3, -0.25) is 14.5 Å². The Labute approximate surface area is 148 Å². The number of carbonyl (C=O) groups is 2. The van der Waals surface area contributed by atoms with Crippen LogP contribution < -0.4 is 10.1 Å². The minimum Gasteiger partial charge on any atom is -0.492 e. The van der Waals surface area contributed by atoms with Crippen LogP contribution >= 0.6 is 0 Å². The highest BCUT2D eigenvalue weighted by atomic mass is 16.5. The average Bonchev–Trinajstić information content (AvgIpc) is 2.62. The molecule has 0 bridgehead atoms. The predicted molar refractivity (Wildman–Crippen MR) is 99.1 cm³/mol. The van der Waals surface area contributed by atoms with Crippen molar-refractivity contribution < 1.29 is 14.3 Å². The molecule has 1 amide bonds. The van der Waals surface area contributed by atoms with Gasteiger partial charge in [-0.05, 0) is 45.2 Å². The highest BCUT2D eigenvalue weighted by molar-refractivity contribution is 5.98. The molecule has 132 valence electrons. The quantitative estimate of drug-likeness (QED) is 0.750. The highest BCUT2D eigenvalue weighted by Gasteiger charge is 2.18. The fourth-order valence-corrected chi connectivity index (χ4v) is 2.28. The number of ether oxygens (including phenoxy) is 1. The van der Waals surface area contributed by atoms with Crippen molar-refractivity contribution in [3.8, 4) is 5.75 Å². The molecule has 0 aliphatic rings. The normalized spacial score (nSPS) is 11.8. The van der Waals surface area contributed by atoms with E-state index in [2.05, 4.69) is 5.32 Å². The van der Waals surface area contributed by atoms with E-state index in [0.717, 1.165) is 5.75 Å². The second-order valence-corrected chi connectivity index (χ2v) is 5.94. The van der Waals surface area contributed by atoms with Crippen LogP contribution in [0.2, 0.25) is 0 Å². The largest absolute Gasteiger partial charge is 0.492 e. The van der Waals surface area contributed by atoms with Gasteiger partial charge in [-0.1, -0.05) is 30.3 Å². The summed E-state index contributed by atoms with van der Waals surface area (Å²) in [6.45, 7) is 4.46. The lowest BCUT2D eigenvalue weighted by Crippen LogP contribution is -2.41. The minimum absolute atomic E-state index is 0.0284. The number of Topliss-reactive ketones (excluding diaryl/α,β-unsaturated/α-hetero) is 1. The van der Waals surface area contributed by atoms with E-state index < -0.39 is 0 Å². The molecule has 0 aromatic heterocycles. The number of nitrogens with zero attached hydrogens (tertiary/aromatic N) is 1. The summed E-state index contributed by atoms with van der Waals surface area (Å²) in [6, 6.07) is 16.2.